The monoisotopic (exact) mass is 386 g/mol. The molecule has 1 aromatic carbocycles. The van der Waals surface area contributed by atoms with Crippen molar-refractivity contribution in [2.75, 3.05) is 19.4 Å². The number of thioether (sulfide) groups is 1. The minimum atomic E-state index is -4.44. The molecule has 2 aromatic rings. The van der Waals surface area contributed by atoms with Crippen LogP contribution in [0.2, 0.25) is 0 Å². The van der Waals surface area contributed by atoms with Gasteiger partial charge in [0.25, 0.3) is 0 Å². The molecule has 0 aliphatic carbocycles. The lowest BCUT2D eigenvalue weighted by Crippen LogP contribution is -2.34. The summed E-state index contributed by atoms with van der Waals surface area (Å²) in [7, 11) is 1.56. The molecule has 0 atom stereocenters. The lowest BCUT2D eigenvalue weighted by molar-refractivity contribution is -0.136. The topological polar surface area (TPSA) is 69.0 Å². The van der Waals surface area contributed by atoms with Crippen LogP contribution in [0.4, 0.5) is 13.2 Å². The Balaban J connectivity index is 2.10. The average molecular weight is 386 g/mol. The summed E-state index contributed by atoms with van der Waals surface area (Å²) in [6.45, 7) is 2.71. The molecule has 6 nitrogen and oxygen atoms in total. The van der Waals surface area contributed by atoms with Gasteiger partial charge in [-0.15, -0.1) is 16.8 Å². The van der Waals surface area contributed by atoms with Crippen molar-refractivity contribution in [2.24, 2.45) is 0 Å². The van der Waals surface area contributed by atoms with E-state index in [0.29, 0.717) is 23.3 Å². The summed E-state index contributed by atoms with van der Waals surface area (Å²) < 4.78 is 43.2. The highest BCUT2D eigenvalue weighted by molar-refractivity contribution is 7.99. The average Bonchev–Trinajstić information content (AvgIpc) is 3.01. The van der Waals surface area contributed by atoms with Crippen LogP contribution in [0.25, 0.3) is 11.4 Å². The molecule has 0 unspecified atom stereocenters. The Labute approximate surface area is 152 Å². The zero-order chi connectivity index (χ0) is 19.2. The Morgan fingerprint density at radius 3 is 2.62 bits per heavy atom. The lowest BCUT2D eigenvalue weighted by Gasteiger charge is -2.09. The molecule has 0 fully saturated rings. The van der Waals surface area contributed by atoms with E-state index in [9.17, 15) is 18.0 Å². The van der Waals surface area contributed by atoms with Gasteiger partial charge in [0.05, 0.1) is 12.9 Å². The Bertz CT molecular complexity index is 760. The summed E-state index contributed by atoms with van der Waals surface area (Å²) in [4.78, 5) is 11.6. The third-order valence-corrected chi connectivity index (χ3v) is 4.16. The molecule has 0 radical (unpaired) electrons. The number of carbonyl (C=O) groups excluding carboxylic acids is 1. The molecule has 1 heterocycles. The first-order valence-corrected chi connectivity index (χ1v) is 8.47. The fourth-order valence-electron chi connectivity index (χ4n) is 2.02. The predicted octanol–water partition coefficient (Wildman–Crippen LogP) is 2.91. The van der Waals surface area contributed by atoms with E-state index >= 15 is 0 Å². The molecule has 0 saturated heterocycles. The van der Waals surface area contributed by atoms with Gasteiger partial charge in [-0.1, -0.05) is 17.8 Å². The second-order valence-electron chi connectivity index (χ2n) is 5.11. The number of benzene rings is 1. The molecule has 1 aromatic heterocycles. The lowest BCUT2D eigenvalue weighted by atomic mass is 10.2. The van der Waals surface area contributed by atoms with Crippen molar-refractivity contribution in [3.8, 4) is 17.1 Å². The zero-order valence-corrected chi connectivity index (χ0v) is 14.7. The first kappa shape index (κ1) is 19.8. The summed E-state index contributed by atoms with van der Waals surface area (Å²) in [6, 6.07) is 7.18. The second-order valence-corrected chi connectivity index (χ2v) is 6.06. The van der Waals surface area contributed by atoms with E-state index in [0.717, 1.165) is 17.3 Å². The number of hydrogen-bond acceptors (Lipinski definition) is 5. The first-order chi connectivity index (χ1) is 12.3. The van der Waals surface area contributed by atoms with Gasteiger partial charge in [0, 0.05) is 12.1 Å². The fourth-order valence-corrected chi connectivity index (χ4v) is 2.80. The molecule has 0 bridgehead atoms. The Kier molecular flexibility index (Phi) is 6.67. The van der Waals surface area contributed by atoms with Crippen LogP contribution in [0.3, 0.4) is 0 Å². The van der Waals surface area contributed by atoms with Gasteiger partial charge in [-0.25, -0.2) is 0 Å². The number of aromatic nitrogens is 3. The number of nitrogens with zero attached hydrogens (tertiary/aromatic N) is 3. The molecular weight excluding hydrogens is 369 g/mol. The van der Waals surface area contributed by atoms with Gasteiger partial charge in [0.2, 0.25) is 5.91 Å². The molecule has 0 aliphatic heterocycles. The van der Waals surface area contributed by atoms with E-state index in [2.05, 4.69) is 16.8 Å². The van der Waals surface area contributed by atoms with E-state index in [1.165, 1.54) is 0 Å². The maximum Gasteiger partial charge on any atom is 0.405 e. The number of nitrogens with one attached hydrogen (secondary N) is 1. The maximum absolute atomic E-state index is 12.1. The molecule has 1 amide bonds. The number of methoxy groups -OCH3 is 1. The van der Waals surface area contributed by atoms with Crippen molar-refractivity contribution in [3.63, 3.8) is 0 Å². The Hall–Kier alpha value is -2.49. The van der Waals surface area contributed by atoms with Crippen LogP contribution in [-0.4, -0.2) is 46.3 Å². The number of allylic oxidation sites excluding steroid dienone is 1. The molecule has 0 aliphatic rings. The third kappa shape index (κ3) is 5.51. The minimum Gasteiger partial charge on any atom is -0.497 e. The van der Waals surface area contributed by atoms with Crippen LogP contribution in [0, 0.1) is 0 Å². The number of amides is 1. The number of hydrogen-bond donors (Lipinski definition) is 1. The normalized spacial score (nSPS) is 11.2. The number of ether oxygens (including phenoxy) is 1. The molecule has 26 heavy (non-hydrogen) atoms. The third-order valence-electron chi connectivity index (χ3n) is 3.20. The summed E-state index contributed by atoms with van der Waals surface area (Å²) in [5, 5.41) is 10.4. The Morgan fingerprint density at radius 2 is 2.04 bits per heavy atom. The highest BCUT2D eigenvalue weighted by Crippen LogP contribution is 2.25. The number of rotatable bonds is 8. The van der Waals surface area contributed by atoms with Gasteiger partial charge >= 0.3 is 6.18 Å². The van der Waals surface area contributed by atoms with E-state index in [1.807, 2.05) is 17.4 Å². The summed E-state index contributed by atoms with van der Waals surface area (Å²) in [6.07, 6.45) is -2.80. The van der Waals surface area contributed by atoms with Crippen LogP contribution in [0.5, 0.6) is 5.75 Å². The van der Waals surface area contributed by atoms with Crippen molar-refractivity contribution in [2.45, 2.75) is 17.9 Å². The maximum atomic E-state index is 12.1. The van der Waals surface area contributed by atoms with Crippen LogP contribution in [0.15, 0.2) is 42.1 Å². The van der Waals surface area contributed by atoms with E-state index in [4.69, 9.17) is 4.74 Å². The van der Waals surface area contributed by atoms with Crippen LogP contribution in [-0.2, 0) is 11.3 Å². The minimum absolute atomic E-state index is 0.200. The summed E-state index contributed by atoms with van der Waals surface area (Å²) in [5.41, 5.74) is 0.786. The molecule has 0 spiro atoms. The van der Waals surface area contributed by atoms with E-state index in [1.54, 1.807) is 29.9 Å². The molecule has 1 N–H and O–H groups in total. The highest BCUT2D eigenvalue weighted by atomic mass is 32.2. The van der Waals surface area contributed by atoms with E-state index in [-0.39, 0.29) is 5.75 Å². The summed E-state index contributed by atoms with van der Waals surface area (Å²) >= 11 is 1.01. The largest absolute Gasteiger partial charge is 0.497 e. The molecule has 140 valence electrons. The van der Waals surface area contributed by atoms with Gasteiger partial charge in [-0.3, -0.25) is 9.36 Å². The zero-order valence-electron chi connectivity index (χ0n) is 13.9. The van der Waals surface area contributed by atoms with Crippen molar-refractivity contribution >= 4 is 17.7 Å². The SMILES string of the molecule is C=CCn1c(SCC(=O)NCC(F)(F)F)nnc1-c1ccc(OC)cc1. The van der Waals surface area contributed by atoms with Crippen LogP contribution < -0.4 is 10.1 Å². The van der Waals surface area contributed by atoms with Gasteiger partial charge in [-0.05, 0) is 24.3 Å². The van der Waals surface area contributed by atoms with Crippen molar-refractivity contribution in [3.05, 3.63) is 36.9 Å². The fraction of sp³-hybridized carbons (Fsp3) is 0.312. The smallest absolute Gasteiger partial charge is 0.405 e. The summed E-state index contributed by atoms with van der Waals surface area (Å²) in [5.74, 6) is 0.324. The molecular formula is C16H17F3N4O2S. The predicted molar refractivity (Wildman–Crippen MR) is 92.0 cm³/mol. The standard InChI is InChI=1S/C16H17F3N4O2S/c1-3-8-23-14(11-4-6-12(25-2)7-5-11)21-22-15(23)26-9-13(24)20-10-16(17,18)19/h3-7H,1,8-10H2,2H3,(H,20,24). The first-order valence-electron chi connectivity index (χ1n) is 7.49. The van der Waals surface area contributed by atoms with Gasteiger partial charge < -0.3 is 10.1 Å². The van der Waals surface area contributed by atoms with Crippen LogP contribution >= 0.6 is 11.8 Å². The Morgan fingerprint density at radius 1 is 1.35 bits per heavy atom. The van der Waals surface area contributed by atoms with Gasteiger partial charge in [-0.2, -0.15) is 13.2 Å². The number of carbonyl (C=O) groups is 1. The van der Waals surface area contributed by atoms with Crippen molar-refractivity contribution in [1.82, 2.24) is 20.1 Å². The second kappa shape index (κ2) is 8.75. The van der Waals surface area contributed by atoms with Crippen molar-refractivity contribution in [1.29, 1.82) is 0 Å². The highest BCUT2D eigenvalue weighted by Gasteiger charge is 2.27. The quantitative estimate of drug-likeness (QED) is 0.558. The molecule has 2 rings (SSSR count). The van der Waals surface area contributed by atoms with E-state index < -0.39 is 18.6 Å². The van der Waals surface area contributed by atoms with Crippen molar-refractivity contribution < 1.29 is 22.7 Å². The van der Waals surface area contributed by atoms with Gasteiger partial charge in [0.1, 0.15) is 12.3 Å². The molecule has 0 saturated carbocycles. The van der Waals surface area contributed by atoms with Crippen LogP contribution in [0.1, 0.15) is 0 Å². The number of halogens is 3. The number of alkyl halides is 3. The van der Waals surface area contributed by atoms with Gasteiger partial charge in [0.15, 0.2) is 11.0 Å². The molecule has 10 heteroatoms.